The minimum Gasteiger partial charge on any atom is -0.323 e. The van der Waals surface area contributed by atoms with Crippen molar-refractivity contribution in [1.82, 2.24) is 15.0 Å². The Morgan fingerprint density at radius 3 is 2.45 bits per heavy atom. The molecule has 2 heterocycles. The van der Waals surface area contributed by atoms with E-state index in [1.807, 2.05) is 30.3 Å². The second-order valence-corrected chi connectivity index (χ2v) is 8.99. The molecular weight excluding hydrogens is 517 g/mol. The Hall–Kier alpha value is -5.18. The highest BCUT2D eigenvalue weighted by Crippen LogP contribution is 2.34. The number of pyridine rings is 1. The van der Waals surface area contributed by atoms with E-state index >= 15 is 0 Å². The minimum absolute atomic E-state index is 0.149. The van der Waals surface area contributed by atoms with E-state index in [2.05, 4.69) is 26.8 Å². The molecule has 0 radical (unpaired) electrons. The zero-order chi connectivity index (χ0) is 28.3. The van der Waals surface area contributed by atoms with Crippen LogP contribution in [-0.2, 0) is 17.4 Å². The third-order valence-electron chi connectivity index (χ3n) is 6.23. The first-order valence-electron chi connectivity index (χ1n) is 12.1. The van der Waals surface area contributed by atoms with Gasteiger partial charge in [-0.25, -0.2) is 9.97 Å². The molecule has 2 aromatic heterocycles. The zero-order valence-electron chi connectivity index (χ0n) is 20.9. The van der Waals surface area contributed by atoms with Crippen molar-refractivity contribution in [2.24, 2.45) is 0 Å². The van der Waals surface area contributed by atoms with Crippen molar-refractivity contribution < 1.29 is 22.8 Å². The van der Waals surface area contributed by atoms with Crippen LogP contribution in [0, 0.1) is 0 Å². The maximum atomic E-state index is 13.0. The predicted octanol–water partition coefficient (Wildman–Crippen LogP) is 6.93. The number of alkyl halides is 3. The quantitative estimate of drug-likeness (QED) is 0.179. The Labute approximate surface area is 227 Å². The summed E-state index contributed by atoms with van der Waals surface area (Å²) < 4.78 is 39.1. The number of rotatable bonds is 7. The number of aromatic nitrogens is 3. The fraction of sp³-hybridized carbons (Fsp3) is 0.0645. The summed E-state index contributed by atoms with van der Waals surface area (Å²) in [4.78, 5) is 37.4. The number of anilines is 1. The fourth-order valence-corrected chi connectivity index (χ4v) is 4.31. The maximum absolute atomic E-state index is 13.0. The van der Waals surface area contributed by atoms with Crippen LogP contribution in [0.25, 0.3) is 33.2 Å². The summed E-state index contributed by atoms with van der Waals surface area (Å²) in [7, 11) is 0. The average Bonchev–Trinajstić information content (AvgIpc) is 2.96. The average molecular weight is 539 g/mol. The van der Waals surface area contributed by atoms with Crippen LogP contribution in [-0.4, -0.2) is 26.6 Å². The Kier molecular flexibility index (Phi) is 7.20. The molecule has 0 fully saturated rings. The molecule has 0 aliphatic carbocycles. The van der Waals surface area contributed by atoms with Crippen LogP contribution < -0.4 is 5.32 Å². The van der Waals surface area contributed by atoms with Gasteiger partial charge in [0.15, 0.2) is 5.78 Å². The highest BCUT2D eigenvalue weighted by atomic mass is 19.4. The molecule has 0 atom stereocenters. The molecule has 6 nitrogen and oxygen atoms in total. The lowest BCUT2D eigenvalue weighted by Crippen LogP contribution is -2.09. The van der Waals surface area contributed by atoms with Crippen LogP contribution in [0.5, 0.6) is 0 Å². The second-order valence-electron chi connectivity index (χ2n) is 8.99. The van der Waals surface area contributed by atoms with Gasteiger partial charge in [-0.15, -0.1) is 0 Å². The number of benzene rings is 3. The van der Waals surface area contributed by atoms with Gasteiger partial charge in [-0.1, -0.05) is 43.0 Å². The van der Waals surface area contributed by atoms with Crippen molar-refractivity contribution in [2.45, 2.75) is 12.6 Å². The van der Waals surface area contributed by atoms with Crippen molar-refractivity contribution >= 4 is 28.3 Å². The molecule has 1 amide bonds. The van der Waals surface area contributed by atoms with Gasteiger partial charge in [0, 0.05) is 41.0 Å². The molecule has 0 saturated heterocycles. The van der Waals surface area contributed by atoms with Gasteiger partial charge >= 0.3 is 6.18 Å². The second kappa shape index (κ2) is 10.9. The number of fused-ring (bicyclic) bond motifs is 1. The minimum atomic E-state index is -4.48. The number of hydrogen-bond acceptors (Lipinski definition) is 5. The first kappa shape index (κ1) is 26.4. The number of amides is 1. The molecule has 198 valence electrons. The lowest BCUT2D eigenvalue weighted by atomic mass is 9.96. The molecule has 0 saturated carbocycles. The maximum Gasteiger partial charge on any atom is 0.416 e. The predicted molar refractivity (Wildman–Crippen MR) is 147 cm³/mol. The lowest BCUT2D eigenvalue weighted by molar-refractivity contribution is -0.137. The van der Waals surface area contributed by atoms with Crippen molar-refractivity contribution in [2.75, 3.05) is 5.32 Å². The molecule has 5 aromatic rings. The largest absolute Gasteiger partial charge is 0.416 e. The van der Waals surface area contributed by atoms with E-state index in [-0.39, 0.29) is 23.6 Å². The monoisotopic (exact) mass is 538 g/mol. The number of Topliss-reactive ketones (excluding diaryl/α,β-unsaturated/α-hetero) is 1. The topological polar surface area (TPSA) is 84.8 Å². The Bertz CT molecular complexity index is 1750. The van der Waals surface area contributed by atoms with Gasteiger partial charge in [-0.3, -0.25) is 14.6 Å². The smallest absolute Gasteiger partial charge is 0.323 e. The summed E-state index contributed by atoms with van der Waals surface area (Å²) in [5, 5.41) is 3.53. The van der Waals surface area contributed by atoms with Crippen molar-refractivity contribution in [1.29, 1.82) is 0 Å². The Morgan fingerprint density at radius 2 is 1.70 bits per heavy atom. The molecule has 0 bridgehead atoms. The van der Waals surface area contributed by atoms with Gasteiger partial charge < -0.3 is 5.32 Å². The van der Waals surface area contributed by atoms with E-state index in [0.717, 1.165) is 39.8 Å². The molecule has 0 unspecified atom stereocenters. The third-order valence-corrected chi connectivity index (χ3v) is 6.23. The van der Waals surface area contributed by atoms with E-state index in [4.69, 9.17) is 0 Å². The molecule has 40 heavy (non-hydrogen) atoms. The van der Waals surface area contributed by atoms with Gasteiger partial charge in [-0.05, 0) is 59.2 Å². The summed E-state index contributed by atoms with van der Waals surface area (Å²) in [6.45, 7) is 3.48. The summed E-state index contributed by atoms with van der Waals surface area (Å²) in [5.41, 5.74) is 4.05. The Morgan fingerprint density at radius 1 is 0.875 bits per heavy atom. The van der Waals surface area contributed by atoms with Crippen LogP contribution in [0.3, 0.4) is 0 Å². The molecule has 0 aliphatic rings. The van der Waals surface area contributed by atoms with Gasteiger partial charge in [0.05, 0.1) is 11.1 Å². The van der Waals surface area contributed by atoms with Crippen molar-refractivity contribution in [3.8, 4) is 22.3 Å². The molecule has 9 heteroatoms. The van der Waals surface area contributed by atoms with Gasteiger partial charge in [0.2, 0.25) is 5.91 Å². The number of carbonyl (C=O) groups excluding carboxylic acids is 2. The Balaban J connectivity index is 1.45. The molecular formula is C31H21F3N4O2. The summed E-state index contributed by atoms with van der Waals surface area (Å²) in [6.07, 6.45) is 1.21. The van der Waals surface area contributed by atoms with Crippen LogP contribution in [0.4, 0.5) is 18.9 Å². The standard InChI is InChI=1S/C31H21F3N4O2/c1-2-29(40)38-25-8-4-6-20(14-25)26-15-22(13-23-16-35-18-37-30(23)26)21-9-10-27(36-17-21)28(39)12-19-5-3-7-24(11-19)31(32,33)34/h2-11,13-18H,1,12H2,(H,38,40). The molecule has 3 aromatic carbocycles. The van der Waals surface area contributed by atoms with Crippen LogP contribution >= 0.6 is 0 Å². The van der Waals surface area contributed by atoms with Gasteiger partial charge in [-0.2, -0.15) is 13.2 Å². The fourth-order valence-electron chi connectivity index (χ4n) is 4.31. The number of ketones is 1. The summed E-state index contributed by atoms with van der Waals surface area (Å²) in [5.74, 6) is -0.719. The number of hydrogen-bond donors (Lipinski definition) is 1. The molecule has 0 aliphatic heterocycles. The number of nitrogens with zero attached hydrogens (tertiary/aromatic N) is 3. The molecule has 1 N–H and O–H groups in total. The van der Waals surface area contributed by atoms with Crippen molar-refractivity contribution in [3.05, 3.63) is 121 Å². The van der Waals surface area contributed by atoms with E-state index in [1.54, 1.807) is 30.6 Å². The SMILES string of the molecule is C=CC(=O)Nc1cccc(-c2cc(-c3ccc(C(=O)Cc4cccc(C(F)(F)F)c4)nc3)cc3cncnc23)c1. The lowest BCUT2D eigenvalue weighted by Gasteiger charge is -2.12. The van der Waals surface area contributed by atoms with E-state index < -0.39 is 17.5 Å². The highest BCUT2D eigenvalue weighted by molar-refractivity contribution is 6.01. The zero-order valence-corrected chi connectivity index (χ0v) is 20.9. The van der Waals surface area contributed by atoms with Crippen LogP contribution in [0.15, 0.2) is 104 Å². The highest BCUT2D eigenvalue weighted by Gasteiger charge is 2.30. The van der Waals surface area contributed by atoms with E-state index in [9.17, 15) is 22.8 Å². The summed E-state index contributed by atoms with van der Waals surface area (Å²) >= 11 is 0. The normalized spacial score (nSPS) is 11.3. The van der Waals surface area contributed by atoms with Crippen LogP contribution in [0.2, 0.25) is 0 Å². The molecule has 0 spiro atoms. The van der Waals surface area contributed by atoms with Gasteiger partial charge in [0.25, 0.3) is 0 Å². The number of carbonyl (C=O) groups is 2. The summed E-state index contributed by atoms with van der Waals surface area (Å²) in [6, 6.07) is 19.2. The first-order valence-corrected chi connectivity index (χ1v) is 12.1. The van der Waals surface area contributed by atoms with Gasteiger partial charge in [0.1, 0.15) is 12.0 Å². The number of halogens is 3. The van der Waals surface area contributed by atoms with E-state index in [1.165, 1.54) is 24.5 Å². The van der Waals surface area contributed by atoms with Crippen molar-refractivity contribution in [3.63, 3.8) is 0 Å². The van der Waals surface area contributed by atoms with E-state index in [0.29, 0.717) is 11.2 Å². The number of nitrogens with one attached hydrogen (secondary N) is 1. The molecule has 5 rings (SSSR count). The first-order chi connectivity index (χ1) is 19.2. The third kappa shape index (κ3) is 5.78. The van der Waals surface area contributed by atoms with Crippen LogP contribution in [0.1, 0.15) is 21.6 Å².